The SMILES string of the molecule is COc1ccc2cc(Br)ccc2c1CN1C(=O)[C@@H](NC(=O)C(C)N(C)C(=O)OC(C)(C)C)CN(C(=O)c2ccc(C(C)=O)cc2)c2ccccc21. The molecule has 1 N–H and O–H groups in total. The minimum absolute atomic E-state index is 0.0487. The van der Waals surface area contributed by atoms with Crippen LogP contribution in [0.2, 0.25) is 0 Å². The number of nitrogens with zero attached hydrogens (tertiary/aromatic N) is 3. The van der Waals surface area contributed by atoms with E-state index in [4.69, 9.17) is 9.47 Å². The number of nitrogens with one attached hydrogen (secondary N) is 1. The lowest BCUT2D eigenvalue weighted by Crippen LogP contribution is -2.57. The van der Waals surface area contributed by atoms with Gasteiger partial charge in [-0.25, -0.2) is 4.79 Å². The third kappa shape index (κ3) is 8.06. The number of ether oxygens (including phenoxy) is 2. The lowest BCUT2D eigenvalue weighted by atomic mass is 10.0. The quantitative estimate of drug-likeness (QED) is 0.197. The summed E-state index contributed by atoms with van der Waals surface area (Å²) in [6.45, 7) is 7.99. The fourth-order valence-corrected chi connectivity index (χ4v) is 6.25. The highest BCUT2D eigenvalue weighted by atomic mass is 79.9. The number of fused-ring (bicyclic) bond motifs is 2. The average molecular weight is 758 g/mol. The van der Waals surface area contributed by atoms with Crippen molar-refractivity contribution in [3.8, 4) is 5.75 Å². The molecule has 0 aliphatic carbocycles. The Morgan fingerprint density at radius 1 is 0.961 bits per heavy atom. The monoisotopic (exact) mass is 756 g/mol. The molecule has 11 nitrogen and oxygen atoms in total. The molecule has 0 saturated heterocycles. The molecule has 0 radical (unpaired) electrons. The number of carbonyl (C=O) groups is 5. The van der Waals surface area contributed by atoms with E-state index in [1.807, 2.05) is 30.3 Å². The maximum Gasteiger partial charge on any atom is 0.410 e. The highest BCUT2D eigenvalue weighted by molar-refractivity contribution is 9.10. The van der Waals surface area contributed by atoms with E-state index in [9.17, 15) is 24.0 Å². The van der Waals surface area contributed by atoms with Gasteiger partial charge in [0.15, 0.2) is 5.78 Å². The molecular formula is C39H41BrN4O7. The normalized spacial score (nSPS) is 15.1. The summed E-state index contributed by atoms with van der Waals surface area (Å²) in [7, 11) is 3.01. The number of likely N-dealkylation sites (N-methyl/N-ethyl adjacent to an activating group) is 1. The first-order valence-electron chi connectivity index (χ1n) is 16.4. The Labute approximate surface area is 305 Å². The van der Waals surface area contributed by atoms with Crippen LogP contribution >= 0.6 is 15.9 Å². The van der Waals surface area contributed by atoms with Gasteiger partial charge in [0.25, 0.3) is 11.8 Å². The molecule has 12 heteroatoms. The first-order chi connectivity index (χ1) is 24.1. The van der Waals surface area contributed by atoms with E-state index in [0.29, 0.717) is 28.3 Å². The van der Waals surface area contributed by atoms with Crippen LogP contribution in [0.3, 0.4) is 0 Å². The average Bonchev–Trinajstić information content (AvgIpc) is 3.20. The summed E-state index contributed by atoms with van der Waals surface area (Å²) in [6.07, 6.45) is -0.702. The number of ketones is 1. The molecule has 51 heavy (non-hydrogen) atoms. The number of benzene rings is 4. The van der Waals surface area contributed by atoms with Gasteiger partial charge in [0.2, 0.25) is 5.91 Å². The van der Waals surface area contributed by atoms with Crippen LogP contribution in [0, 0.1) is 0 Å². The zero-order valence-corrected chi connectivity index (χ0v) is 31.2. The van der Waals surface area contributed by atoms with Gasteiger partial charge in [0.1, 0.15) is 23.4 Å². The van der Waals surface area contributed by atoms with Crippen molar-refractivity contribution in [1.29, 1.82) is 0 Å². The second-order valence-electron chi connectivity index (χ2n) is 13.4. The molecule has 1 aliphatic rings. The number of amides is 4. The summed E-state index contributed by atoms with van der Waals surface area (Å²) in [4.78, 5) is 71.8. The Bertz CT molecular complexity index is 2010. The Hall–Kier alpha value is -5.23. The van der Waals surface area contributed by atoms with Gasteiger partial charge in [-0.15, -0.1) is 0 Å². The number of hydrogen-bond donors (Lipinski definition) is 1. The predicted molar refractivity (Wildman–Crippen MR) is 199 cm³/mol. The molecule has 4 aromatic rings. The molecule has 4 amide bonds. The number of halogens is 1. The van der Waals surface area contributed by atoms with Crippen LogP contribution in [0.4, 0.5) is 16.2 Å². The third-order valence-electron chi connectivity index (χ3n) is 8.72. The number of hydrogen-bond acceptors (Lipinski definition) is 7. The van der Waals surface area contributed by atoms with E-state index in [0.717, 1.165) is 25.7 Å². The van der Waals surface area contributed by atoms with Gasteiger partial charge in [-0.3, -0.25) is 24.1 Å². The summed E-state index contributed by atoms with van der Waals surface area (Å²) in [6, 6.07) is 20.7. The summed E-state index contributed by atoms with van der Waals surface area (Å²) < 4.78 is 12.1. The van der Waals surface area contributed by atoms with Crippen molar-refractivity contribution >= 4 is 67.7 Å². The molecule has 0 spiro atoms. The zero-order chi connectivity index (χ0) is 37.2. The molecule has 0 saturated carbocycles. The fourth-order valence-electron chi connectivity index (χ4n) is 5.87. The van der Waals surface area contributed by atoms with Gasteiger partial charge >= 0.3 is 6.09 Å². The Kier molecular flexibility index (Phi) is 10.8. The Balaban J connectivity index is 1.59. The third-order valence-corrected chi connectivity index (χ3v) is 9.21. The van der Waals surface area contributed by atoms with Crippen molar-refractivity contribution < 1.29 is 33.4 Å². The second-order valence-corrected chi connectivity index (χ2v) is 14.3. The lowest BCUT2D eigenvalue weighted by Gasteiger charge is -2.30. The van der Waals surface area contributed by atoms with Gasteiger partial charge in [-0.1, -0.05) is 52.3 Å². The summed E-state index contributed by atoms with van der Waals surface area (Å²) in [5, 5.41) is 4.62. The lowest BCUT2D eigenvalue weighted by molar-refractivity contribution is -0.130. The molecule has 1 unspecified atom stereocenters. The molecule has 2 atom stereocenters. The van der Waals surface area contributed by atoms with Gasteiger partial charge in [0.05, 0.1) is 31.6 Å². The van der Waals surface area contributed by atoms with Crippen LogP contribution in [0.15, 0.2) is 83.3 Å². The van der Waals surface area contributed by atoms with Crippen LogP contribution in [-0.2, 0) is 20.9 Å². The molecule has 4 aromatic carbocycles. The van der Waals surface area contributed by atoms with Crippen molar-refractivity contribution in [1.82, 2.24) is 10.2 Å². The Morgan fingerprint density at radius 3 is 2.24 bits per heavy atom. The molecule has 5 rings (SSSR count). The van der Waals surface area contributed by atoms with E-state index < -0.39 is 41.5 Å². The summed E-state index contributed by atoms with van der Waals surface area (Å²) in [5.41, 5.74) is 1.59. The summed E-state index contributed by atoms with van der Waals surface area (Å²) >= 11 is 3.54. The molecule has 1 heterocycles. The van der Waals surface area contributed by atoms with Crippen molar-refractivity contribution in [2.45, 2.75) is 58.8 Å². The molecule has 266 valence electrons. The maximum absolute atomic E-state index is 14.8. The Morgan fingerprint density at radius 2 is 1.61 bits per heavy atom. The highest BCUT2D eigenvalue weighted by Gasteiger charge is 2.39. The van der Waals surface area contributed by atoms with E-state index in [1.54, 1.807) is 81.3 Å². The number of anilines is 2. The number of methoxy groups -OCH3 is 1. The van der Waals surface area contributed by atoms with Crippen LogP contribution in [0.25, 0.3) is 10.8 Å². The fraction of sp³-hybridized carbons (Fsp3) is 0.308. The molecule has 0 aromatic heterocycles. The highest BCUT2D eigenvalue weighted by Crippen LogP contribution is 2.38. The van der Waals surface area contributed by atoms with Gasteiger partial charge < -0.3 is 24.6 Å². The van der Waals surface area contributed by atoms with Gasteiger partial charge in [0, 0.05) is 28.2 Å². The van der Waals surface area contributed by atoms with E-state index in [-0.39, 0.29) is 18.9 Å². The van der Waals surface area contributed by atoms with Crippen LogP contribution in [0.5, 0.6) is 5.75 Å². The maximum atomic E-state index is 14.8. The van der Waals surface area contributed by atoms with Crippen molar-refractivity contribution in [2.75, 3.05) is 30.5 Å². The standard InChI is InChI=1S/C39H41BrN4O7/c1-23(42(6)38(49)51-39(3,4)5)35(46)41-31-22-44(36(47)26-14-12-25(13-15-26)24(2)45)33-11-9-8-10-32(33)43(37(31)48)21-30-29-18-17-28(40)20-27(29)16-19-34(30)50-7/h8-20,23,31H,21-22H2,1-7H3,(H,41,46)/t23?,31-/m0/s1. The molecule has 1 aliphatic heterocycles. The molecular weight excluding hydrogens is 716 g/mol. The second kappa shape index (κ2) is 14.9. The van der Waals surface area contributed by atoms with E-state index in [2.05, 4.69) is 21.2 Å². The minimum Gasteiger partial charge on any atom is -0.496 e. The smallest absolute Gasteiger partial charge is 0.410 e. The largest absolute Gasteiger partial charge is 0.496 e. The van der Waals surface area contributed by atoms with Crippen LogP contribution < -0.4 is 19.9 Å². The molecule has 0 bridgehead atoms. The number of para-hydroxylation sites is 2. The van der Waals surface area contributed by atoms with Gasteiger partial charge in [-0.05, 0) is 87.9 Å². The minimum atomic E-state index is -1.23. The first-order valence-corrected chi connectivity index (χ1v) is 17.2. The van der Waals surface area contributed by atoms with Crippen molar-refractivity contribution in [2.24, 2.45) is 0 Å². The number of carbonyl (C=O) groups excluding carboxylic acids is 5. The number of Topliss-reactive ketones (excluding diaryl/α,β-unsaturated/α-hetero) is 1. The molecule has 0 fully saturated rings. The zero-order valence-electron chi connectivity index (χ0n) is 29.7. The van der Waals surface area contributed by atoms with Crippen LogP contribution in [-0.4, -0.2) is 72.9 Å². The van der Waals surface area contributed by atoms with Crippen LogP contribution in [0.1, 0.15) is 60.9 Å². The van der Waals surface area contributed by atoms with Gasteiger partial charge in [-0.2, -0.15) is 0 Å². The topological polar surface area (TPSA) is 126 Å². The number of rotatable bonds is 8. The predicted octanol–water partition coefficient (Wildman–Crippen LogP) is 6.75. The van der Waals surface area contributed by atoms with Crippen molar-refractivity contribution in [3.05, 3.63) is 100 Å². The first kappa shape index (κ1) is 37.0. The van der Waals surface area contributed by atoms with E-state index in [1.165, 1.54) is 25.8 Å². The van der Waals surface area contributed by atoms with E-state index >= 15 is 0 Å². The van der Waals surface area contributed by atoms with Crippen molar-refractivity contribution in [3.63, 3.8) is 0 Å². The summed E-state index contributed by atoms with van der Waals surface area (Å²) in [5.74, 6) is -1.09.